The Kier molecular flexibility index (Phi) is 45.8. The summed E-state index contributed by atoms with van der Waals surface area (Å²) in [4.78, 5) is 50.1. The van der Waals surface area contributed by atoms with Crippen molar-refractivity contribution in [3.8, 4) is 11.6 Å². The molecule has 7 aromatic heterocycles. The second-order valence-corrected chi connectivity index (χ2v) is 39.7. The Hall–Kier alpha value is -3.03. The fourth-order valence-corrected chi connectivity index (χ4v) is 11.9. The van der Waals surface area contributed by atoms with E-state index in [2.05, 4.69) is 200 Å². The minimum atomic E-state index is -1.14. The van der Waals surface area contributed by atoms with Crippen molar-refractivity contribution in [1.82, 2.24) is 33.8 Å². The van der Waals surface area contributed by atoms with E-state index in [1.165, 1.54) is 37.6 Å². The van der Waals surface area contributed by atoms with Crippen LogP contribution in [0.5, 0.6) is 0 Å². The number of piperidine rings is 3. The molecule has 0 unspecified atom stereocenters. The van der Waals surface area contributed by atoms with Gasteiger partial charge in [0.25, 0.3) is 0 Å². The molecule has 10 heterocycles. The SMILES string of the molecule is BrCCBr.C.C.C.CC(C)(C)OC(=O)N1CCC(I)CC1.CC(C)(C)OC(=O)N1CC[CH-]CC1.C[Si](C)(C)Cl.Cc1ccc(C)n1-c1cccc(Br)n1.Cc1ccc(C)n1-c1cccc(C2CCN(C(=O)OC(C)(C)C)CC2)n1.[Zn+][I].c1coc(P(c2ccco2)c2ccco2)c1. The summed E-state index contributed by atoms with van der Waals surface area (Å²) in [5, 5.41) is 2.10. The summed E-state index contributed by atoms with van der Waals surface area (Å²) in [6.07, 6.45) is 12.6. The van der Waals surface area contributed by atoms with Crippen LogP contribution in [0.1, 0.15) is 158 Å². The summed E-state index contributed by atoms with van der Waals surface area (Å²) < 4.78 is 38.3. The molecule has 0 N–H and O–H groups in total. The van der Waals surface area contributed by atoms with Gasteiger partial charge in [0.1, 0.15) is 64.9 Å². The third-order valence-electron chi connectivity index (χ3n) is 13.2. The summed E-state index contributed by atoms with van der Waals surface area (Å²) in [5.74, 6) is 2.31. The van der Waals surface area contributed by atoms with Gasteiger partial charge in [0.2, 0.25) is 0 Å². The van der Waals surface area contributed by atoms with Crippen molar-refractivity contribution in [2.45, 2.75) is 197 Å². The second kappa shape index (κ2) is 47.3. The van der Waals surface area contributed by atoms with Gasteiger partial charge in [-0.1, -0.05) is 109 Å². The molecule has 3 saturated heterocycles. The van der Waals surface area contributed by atoms with E-state index in [9.17, 15) is 14.4 Å². The Morgan fingerprint density at radius 3 is 1.19 bits per heavy atom. The standard InChI is InChI=1S/C21H29N3O2.C12H9O3P.C11H11BrN2.C10H18INO2.C10H18NO2.C3H9ClSi.C2H4Br2.3CH4.HI.Zn/c1-15-9-10-16(2)24(15)19-8-6-7-18(22-19)17-11-13-23(14-12-17)20(25)26-21(3,4)5;1-4-10(13-7-1)16(11-5-2-8-14-11)12-6-3-9-15-12;1-8-6-7-9(2)14(8)11-5-3-4-10(12)13-11;1-10(2,3)14-9(13)12-6-4-8(11)5-7-12;1-10(2,3)13-9(12)11-7-5-4-6-8-11;1-5(2,3)4;3-1-2-4;;;;;/h6-10,17H,11-14H2,1-5H3;1-9H;3-7H,1-2H3;8H,4-7H2,1-3H3;4H,5-8H2,1-3H3;1-3H3;1-2H2;3*1H4;1H;/q;;;;-1;;;;;;;+2/p-1. The van der Waals surface area contributed by atoms with Crippen LogP contribution in [0, 0.1) is 34.1 Å². The Labute approximate surface area is 649 Å². The third-order valence-corrected chi connectivity index (χ3v) is 18.8. The van der Waals surface area contributed by atoms with Gasteiger partial charge in [-0.2, -0.15) is 23.9 Å². The fraction of sp³-hybridized carbons (Fsp3) is 0.528. The topological polar surface area (TPSA) is 164 Å². The molecule has 97 heavy (non-hydrogen) atoms. The van der Waals surface area contributed by atoms with Crippen LogP contribution in [0.15, 0.2) is 134 Å². The first-order valence-electron chi connectivity index (χ1n) is 31.4. The molecule has 3 aliphatic rings. The maximum absolute atomic E-state index is 12.2. The first kappa shape index (κ1) is 94.0. The number of alkyl halides is 3. The van der Waals surface area contributed by atoms with Crippen LogP contribution in [0.2, 0.25) is 19.6 Å². The molecular formula is C72H110Br3ClI2N7O9PSiZn. The van der Waals surface area contributed by atoms with E-state index >= 15 is 0 Å². The molecule has 3 aliphatic heterocycles. The van der Waals surface area contributed by atoms with Crippen molar-refractivity contribution in [1.29, 1.82) is 0 Å². The molecule has 3 fully saturated rings. The number of aryl methyl sites for hydroxylation is 4. The van der Waals surface area contributed by atoms with E-state index < -0.39 is 20.9 Å². The normalized spacial score (nSPS) is 13.9. The number of carbonyl (C=O) groups is 3. The van der Waals surface area contributed by atoms with E-state index in [1.54, 1.807) is 28.6 Å². The van der Waals surface area contributed by atoms with Gasteiger partial charge < -0.3 is 57.7 Å². The van der Waals surface area contributed by atoms with E-state index in [-0.39, 0.29) is 51.8 Å². The number of halogens is 6. The van der Waals surface area contributed by atoms with Crippen molar-refractivity contribution >= 4 is 151 Å². The summed E-state index contributed by atoms with van der Waals surface area (Å²) in [5.41, 5.74) is 7.31. The fourth-order valence-electron chi connectivity index (χ4n) is 9.19. The van der Waals surface area contributed by atoms with Gasteiger partial charge in [-0.15, -0.1) is 0 Å². The predicted octanol–water partition coefficient (Wildman–Crippen LogP) is 21.7. The third kappa shape index (κ3) is 37.1. The molecule has 0 spiro atoms. The number of hydrogen-bond donors (Lipinski definition) is 0. The number of ether oxygens (including phenoxy) is 3. The number of nitrogens with zero attached hydrogens (tertiary/aromatic N) is 7. The van der Waals surface area contributed by atoms with Gasteiger partial charge in [-0.3, -0.25) is 0 Å². The molecule has 0 aliphatic carbocycles. The quantitative estimate of drug-likeness (QED) is 0.0218. The van der Waals surface area contributed by atoms with Crippen molar-refractivity contribution in [2.75, 3.05) is 49.9 Å². The molecule has 16 nitrogen and oxygen atoms in total. The summed E-state index contributed by atoms with van der Waals surface area (Å²) in [6.45, 7) is 36.4. The van der Waals surface area contributed by atoms with Crippen molar-refractivity contribution in [3.05, 3.63) is 155 Å². The number of pyridine rings is 2. The number of carbonyl (C=O) groups excluding carboxylic acids is 3. The minimum absolute atomic E-state index is 0. The van der Waals surface area contributed by atoms with Crippen LogP contribution in [0.4, 0.5) is 14.4 Å². The molecule has 0 bridgehead atoms. The molecule has 10 rings (SSSR count). The molecule has 3 amide bonds. The maximum atomic E-state index is 12.2. The monoisotopic (exact) mass is 1870 g/mol. The smallest absolute Gasteiger partial charge is 0.140 e. The van der Waals surface area contributed by atoms with Crippen LogP contribution in [-0.2, 0) is 29.0 Å². The zero-order chi connectivity index (χ0) is 70.4. The van der Waals surface area contributed by atoms with Gasteiger partial charge >= 0.3 is 52.8 Å². The largest absolute Gasteiger partial charge is 0.464 e. The average molecular weight is 1870 g/mol. The summed E-state index contributed by atoms with van der Waals surface area (Å²) in [7, 11) is -1.97. The van der Waals surface area contributed by atoms with E-state index in [0.29, 0.717) is 22.9 Å². The molecule has 25 heteroatoms. The Morgan fingerprint density at radius 2 is 0.876 bits per heavy atom. The summed E-state index contributed by atoms with van der Waals surface area (Å²) >= 11 is 21.5. The number of aromatic nitrogens is 4. The Balaban J connectivity index is 0.00000116. The predicted molar refractivity (Wildman–Crippen MR) is 433 cm³/mol. The Morgan fingerprint density at radius 1 is 0.557 bits per heavy atom. The molecule has 0 aromatic carbocycles. The van der Waals surface area contributed by atoms with Gasteiger partial charge in [0.05, 0.1) is 18.8 Å². The van der Waals surface area contributed by atoms with Gasteiger partial charge in [0, 0.05) is 75.2 Å². The van der Waals surface area contributed by atoms with Crippen molar-refractivity contribution in [3.63, 3.8) is 0 Å². The molecule has 0 atom stereocenters. The average Bonchev–Trinajstić information content (AvgIpc) is 1.82. The van der Waals surface area contributed by atoms with Crippen LogP contribution < -0.4 is 16.5 Å². The molecule has 540 valence electrons. The Bertz CT molecular complexity index is 3120. The van der Waals surface area contributed by atoms with Gasteiger partial charge in [-0.05, 0) is 230 Å². The van der Waals surface area contributed by atoms with E-state index in [1.807, 2.05) is 122 Å². The van der Waals surface area contributed by atoms with E-state index in [4.69, 9.17) is 43.5 Å². The van der Waals surface area contributed by atoms with E-state index in [0.717, 1.165) is 114 Å². The molecule has 0 saturated carbocycles. The zero-order valence-corrected chi connectivity index (χ0v) is 72.5. The second-order valence-electron chi connectivity index (χ2n) is 26.0. The van der Waals surface area contributed by atoms with Crippen molar-refractivity contribution in [2.24, 2.45) is 0 Å². The molecule has 7 aromatic rings. The number of amides is 3. The van der Waals surface area contributed by atoms with Gasteiger partial charge in [0.15, 0.2) is 0 Å². The maximum Gasteiger partial charge on any atom is 0.140 e. The first-order chi connectivity index (χ1) is 44.2. The van der Waals surface area contributed by atoms with Crippen LogP contribution in [0.3, 0.4) is 0 Å². The number of hydrogen-bond acceptors (Lipinski definition) is 11. The summed E-state index contributed by atoms with van der Waals surface area (Å²) in [6, 6.07) is 32.0. The molecule has 0 radical (unpaired) electrons. The van der Waals surface area contributed by atoms with Crippen molar-refractivity contribution < 1.29 is 56.6 Å². The van der Waals surface area contributed by atoms with Crippen LogP contribution in [-0.4, -0.2) is 130 Å². The first-order valence-corrected chi connectivity index (χ1v) is 50.6. The zero-order valence-electron chi connectivity index (χ0n) is 57.8. The van der Waals surface area contributed by atoms with Crippen LogP contribution in [0.25, 0.3) is 11.6 Å². The number of furan rings is 3. The number of likely N-dealkylation sites (tertiary alicyclic amines) is 3. The van der Waals surface area contributed by atoms with Crippen LogP contribution >= 0.6 is 109 Å². The van der Waals surface area contributed by atoms with Gasteiger partial charge in [-0.25, -0.2) is 24.4 Å². The molecular weight excluding hydrogens is 1760 g/mol. The number of rotatable bonds is 7. The minimum Gasteiger partial charge on any atom is -0.464 e.